The van der Waals surface area contributed by atoms with Gasteiger partial charge in [0.1, 0.15) is 5.82 Å². The summed E-state index contributed by atoms with van der Waals surface area (Å²) in [6.07, 6.45) is 14.6. The lowest BCUT2D eigenvalue weighted by Gasteiger charge is -2.04. The van der Waals surface area contributed by atoms with Gasteiger partial charge in [-0.15, -0.1) is 11.8 Å². The Morgan fingerprint density at radius 2 is 1.87 bits per heavy atom. The maximum atomic E-state index is 12.9. The van der Waals surface area contributed by atoms with Gasteiger partial charge in [-0.3, -0.25) is 4.99 Å². The summed E-state index contributed by atoms with van der Waals surface area (Å²) in [5.74, 6) is -0.203. The van der Waals surface area contributed by atoms with Crippen molar-refractivity contribution in [3.05, 3.63) is 107 Å². The van der Waals surface area contributed by atoms with Crippen molar-refractivity contribution >= 4 is 18.5 Å². The molecule has 0 spiro atoms. The number of rotatable bonds is 9. The molecule has 0 saturated carbocycles. The lowest BCUT2D eigenvalue weighted by Crippen LogP contribution is -1.88. The molecule has 0 amide bonds. The second-order valence-corrected chi connectivity index (χ2v) is 7.71. The van der Waals surface area contributed by atoms with Gasteiger partial charge in [-0.25, -0.2) is 9.37 Å². The standard InChI is InChI=1S/C20H24FN.C7H9NS/c1-5-16(3)10-13-18(6-2)20(22-4)9-7-8-17-11-14-19(21)15-12-17;1-6-3-4-7(9-2)8-5-6/h6,9-15H,3-5,7-8H2,1-2H3;3-5H,1-2H3/b13-10-,18-6+,20-9-;. The summed E-state index contributed by atoms with van der Waals surface area (Å²) in [5, 5.41) is 1.08. The predicted octanol–water partition coefficient (Wildman–Crippen LogP) is 7.92. The average molecular weight is 437 g/mol. The Bertz CT molecular complexity index is 907. The first-order chi connectivity index (χ1) is 14.9. The second-order valence-electron chi connectivity index (χ2n) is 6.88. The molecule has 0 saturated heterocycles. The van der Waals surface area contributed by atoms with Crippen molar-refractivity contribution in [2.45, 2.75) is 45.1 Å². The zero-order valence-electron chi connectivity index (χ0n) is 19.1. The lowest BCUT2D eigenvalue weighted by molar-refractivity contribution is 0.627. The Hall–Kier alpha value is -2.72. The number of thioether (sulfide) groups is 1. The third-order valence-corrected chi connectivity index (χ3v) is 5.17. The summed E-state index contributed by atoms with van der Waals surface area (Å²) in [6, 6.07) is 10.7. The zero-order valence-corrected chi connectivity index (χ0v) is 19.9. The number of aliphatic imine (C=N–C) groups is 1. The van der Waals surface area contributed by atoms with Crippen LogP contribution in [0.5, 0.6) is 0 Å². The van der Waals surface area contributed by atoms with Crippen molar-refractivity contribution in [1.82, 2.24) is 4.98 Å². The molecule has 1 heterocycles. The van der Waals surface area contributed by atoms with Crippen LogP contribution in [0.1, 0.15) is 37.8 Å². The van der Waals surface area contributed by atoms with E-state index in [1.54, 1.807) is 11.8 Å². The van der Waals surface area contributed by atoms with Crippen LogP contribution >= 0.6 is 11.8 Å². The number of allylic oxidation sites excluding steroid dienone is 5. The van der Waals surface area contributed by atoms with Gasteiger partial charge in [0, 0.05) is 6.20 Å². The first kappa shape index (κ1) is 26.3. The molecule has 0 aliphatic carbocycles. The highest BCUT2D eigenvalue weighted by atomic mass is 32.2. The molecule has 164 valence electrons. The topological polar surface area (TPSA) is 25.2 Å². The number of pyridine rings is 1. The van der Waals surface area contributed by atoms with E-state index >= 15 is 0 Å². The van der Waals surface area contributed by atoms with E-state index in [1.807, 2.05) is 62.7 Å². The number of hydrogen-bond acceptors (Lipinski definition) is 3. The summed E-state index contributed by atoms with van der Waals surface area (Å²) >= 11 is 1.67. The van der Waals surface area contributed by atoms with Gasteiger partial charge in [0.2, 0.25) is 0 Å². The SMILES string of the molecule is C=NC(=C\CCc1ccc(F)cc1)/C(/C=C\C(=C)CC)=C/C.CSc1ccc(C)cn1. The molecule has 0 fully saturated rings. The van der Waals surface area contributed by atoms with Crippen molar-refractivity contribution in [2.75, 3.05) is 6.26 Å². The molecule has 1 aromatic carbocycles. The normalized spacial score (nSPS) is 11.8. The quantitative estimate of drug-likeness (QED) is 0.226. The number of benzene rings is 1. The smallest absolute Gasteiger partial charge is 0.123 e. The summed E-state index contributed by atoms with van der Waals surface area (Å²) < 4.78 is 12.9. The Kier molecular flexibility index (Phi) is 12.8. The Morgan fingerprint density at radius 1 is 1.16 bits per heavy atom. The fourth-order valence-electron chi connectivity index (χ4n) is 2.53. The molecule has 1 aromatic heterocycles. The van der Waals surface area contributed by atoms with Crippen LogP contribution < -0.4 is 0 Å². The number of halogens is 1. The van der Waals surface area contributed by atoms with Crippen LogP contribution in [0, 0.1) is 12.7 Å². The number of aryl methyl sites for hydroxylation is 2. The largest absolute Gasteiger partial charge is 0.264 e. The van der Waals surface area contributed by atoms with E-state index in [1.165, 1.54) is 17.7 Å². The van der Waals surface area contributed by atoms with Crippen molar-refractivity contribution in [2.24, 2.45) is 4.99 Å². The van der Waals surface area contributed by atoms with E-state index in [2.05, 4.69) is 42.3 Å². The van der Waals surface area contributed by atoms with E-state index in [0.29, 0.717) is 0 Å². The fraction of sp³-hybridized carbons (Fsp3) is 0.259. The van der Waals surface area contributed by atoms with E-state index in [-0.39, 0.29) is 5.82 Å². The van der Waals surface area contributed by atoms with Gasteiger partial charge in [-0.05, 0) is 81.0 Å². The minimum absolute atomic E-state index is 0.203. The molecule has 2 nitrogen and oxygen atoms in total. The van der Waals surface area contributed by atoms with Gasteiger partial charge in [-0.2, -0.15) is 0 Å². The van der Waals surface area contributed by atoms with E-state index < -0.39 is 0 Å². The molecular formula is C27H33FN2S. The molecule has 2 rings (SSSR count). The van der Waals surface area contributed by atoms with E-state index in [4.69, 9.17) is 0 Å². The first-order valence-corrected chi connectivity index (χ1v) is 11.6. The Labute approximate surface area is 191 Å². The fourth-order valence-corrected chi connectivity index (χ4v) is 2.89. The maximum Gasteiger partial charge on any atom is 0.123 e. The number of aromatic nitrogens is 1. The molecule has 31 heavy (non-hydrogen) atoms. The minimum atomic E-state index is -0.203. The van der Waals surface area contributed by atoms with Gasteiger partial charge < -0.3 is 0 Å². The molecule has 0 atom stereocenters. The van der Waals surface area contributed by atoms with Gasteiger partial charge in [0.15, 0.2) is 0 Å². The van der Waals surface area contributed by atoms with Crippen molar-refractivity contribution in [3.8, 4) is 0 Å². The number of nitrogens with zero attached hydrogens (tertiary/aromatic N) is 2. The maximum absolute atomic E-state index is 12.9. The molecule has 0 unspecified atom stereocenters. The zero-order chi connectivity index (χ0) is 23.1. The van der Waals surface area contributed by atoms with Crippen LogP contribution in [-0.4, -0.2) is 18.0 Å². The molecule has 0 bridgehead atoms. The van der Waals surface area contributed by atoms with Crippen LogP contribution in [0.2, 0.25) is 0 Å². The van der Waals surface area contributed by atoms with Crippen LogP contribution in [0.4, 0.5) is 4.39 Å². The van der Waals surface area contributed by atoms with Crippen LogP contribution in [-0.2, 0) is 6.42 Å². The van der Waals surface area contributed by atoms with Crippen LogP contribution in [0.15, 0.2) is 100 Å². The van der Waals surface area contributed by atoms with Crippen molar-refractivity contribution < 1.29 is 4.39 Å². The van der Waals surface area contributed by atoms with E-state index in [0.717, 1.165) is 46.7 Å². The second kappa shape index (κ2) is 15.1. The monoisotopic (exact) mass is 436 g/mol. The van der Waals surface area contributed by atoms with Crippen molar-refractivity contribution in [1.29, 1.82) is 0 Å². The molecule has 0 aliphatic rings. The third-order valence-electron chi connectivity index (χ3n) is 4.51. The van der Waals surface area contributed by atoms with E-state index in [9.17, 15) is 4.39 Å². The molecule has 0 N–H and O–H groups in total. The van der Waals surface area contributed by atoms with Crippen LogP contribution in [0.3, 0.4) is 0 Å². The van der Waals surface area contributed by atoms with Crippen LogP contribution in [0.25, 0.3) is 0 Å². The Morgan fingerprint density at radius 3 is 2.39 bits per heavy atom. The molecular weight excluding hydrogens is 403 g/mol. The van der Waals surface area contributed by atoms with Gasteiger partial charge in [-0.1, -0.05) is 61.6 Å². The minimum Gasteiger partial charge on any atom is -0.264 e. The average Bonchev–Trinajstić information content (AvgIpc) is 2.80. The summed E-state index contributed by atoms with van der Waals surface area (Å²) in [6.45, 7) is 13.7. The molecule has 2 aromatic rings. The molecule has 0 aliphatic heterocycles. The highest BCUT2D eigenvalue weighted by molar-refractivity contribution is 7.98. The highest BCUT2D eigenvalue weighted by Crippen LogP contribution is 2.16. The molecule has 0 radical (unpaired) electrons. The molecule has 4 heteroatoms. The summed E-state index contributed by atoms with van der Waals surface area (Å²) in [4.78, 5) is 8.27. The Balaban J connectivity index is 0.000000442. The van der Waals surface area contributed by atoms with Gasteiger partial charge in [0.05, 0.1) is 10.7 Å². The number of hydrogen-bond donors (Lipinski definition) is 0. The first-order valence-electron chi connectivity index (χ1n) is 10.3. The third kappa shape index (κ3) is 10.7. The van der Waals surface area contributed by atoms with Gasteiger partial charge in [0.25, 0.3) is 0 Å². The van der Waals surface area contributed by atoms with Gasteiger partial charge >= 0.3 is 0 Å². The summed E-state index contributed by atoms with van der Waals surface area (Å²) in [5.41, 5.74) is 5.30. The lowest BCUT2D eigenvalue weighted by atomic mass is 10.1. The van der Waals surface area contributed by atoms with Crippen molar-refractivity contribution in [3.63, 3.8) is 0 Å². The highest BCUT2D eigenvalue weighted by Gasteiger charge is 1.99. The predicted molar refractivity (Wildman–Crippen MR) is 135 cm³/mol. The summed E-state index contributed by atoms with van der Waals surface area (Å²) in [7, 11) is 0.